The Morgan fingerprint density at radius 1 is 1.16 bits per heavy atom. The zero-order valence-corrected chi connectivity index (χ0v) is 21.9. The molecule has 6 rings (SSSR count). The smallest absolute Gasteiger partial charge is 0.433 e. The third kappa shape index (κ3) is 4.11. The number of carbonyl (C=O) groups excluding carboxylic acids is 1. The SMILES string of the molecule is COc1ccc2c(c1)[C@@]13CCN(C(=O)Cc4cc(C(F)(F)F)n(C)n4)CC[C@@]1(O)[C@@H](C2)N(CC1CC1)CC3. The van der Waals surface area contributed by atoms with Gasteiger partial charge in [-0.25, -0.2) is 0 Å². The summed E-state index contributed by atoms with van der Waals surface area (Å²) >= 11 is 0. The number of methoxy groups -OCH3 is 1. The van der Waals surface area contributed by atoms with Crippen molar-refractivity contribution in [3.05, 3.63) is 46.8 Å². The van der Waals surface area contributed by atoms with Gasteiger partial charge >= 0.3 is 6.18 Å². The van der Waals surface area contributed by atoms with Crippen molar-refractivity contribution in [3.8, 4) is 5.75 Å². The second-order valence-electron chi connectivity index (χ2n) is 11.6. The van der Waals surface area contributed by atoms with Crippen LogP contribution >= 0.6 is 0 Å². The monoisotopic (exact) mass is 532 g/mol. The second-order valence-corrected chi connectivity index (χ2v) is 11.6. The summed E-state index contributed by atoms with van der Waals surface area (Å²) in [7, 11) is 2.88. The highest BCUT2D eigenvalue weighted by molar-refractivity contribution is 5.78. The molecule has 2 aliphatic carbocycles. The summed E-state index contributed by atoms with van der Waals surface area (Å²) in [6.07, 6.45) is 0.338. The van der Waals surface area contributed by atoms with Gasteiger partial charge in [-0.05, 0) is 80.3 Å². The molecule has 1 aromatic carbocycles. The lowest BCUT2D eigenvalue weighted by atomic mass is 9.52. The summed E-state index contributed by atoms with van der Waals surface area (Å²) in [5.74, 6) is 1.20. The van der Waals surface area contributed by atoms with Gasteiger partial charge in [0.2, 0.25) is 5.91 Å². The van der Waals surface area contributed by atoms with E-state index in [1.807, 2.05) is 6.07 Å². The molecule has 2 saturated heterocycles. The third-order valence-electron chi connectivity index (χ3n) is 9.56. The van der Waals surface area contributed by atoms with Gasteiger partial charge in [0.25, 0.3) is 0 Å². The van der Waals surface area contributed by atoms with Crippen LogP contribution in [-0.2, 0) is 36.3 Å². The number of hydrogen-bond acceptors (Lipinski definition) is 5. The van der Waals surface area contributed by atoms with Crippen molar-refractivity contribution < 1.29 is 27.8 Å². The second kappa shape index (κ2) is 8.98. The highest BCUT2D eigenvalue weighted by Gasteiger charge is 2.63. The molecular formula is C28H35F3N4O3. The van der Waals surface area contributed by atoms with E-state index in [4.69, 9.17) is 4.74 Å². The Labute approximate surface area is 220 Å². The molecule has 10 heteroatoms. The molecule has 0 unspecified atom stereocenters. The average molecular weight is 533 g/mol. The lowest BCUT2D eigenvalue weighted by molar-refractivity contribution is -0.149. The molecule has 3 atom stereocenters. The van der Waals surface area contributed by atoms with E-state index in [0.29, 0.717) is 31.8 Å². The van der Waals surface area contributed by atoms with Crippen LogP contribution in [0, 0.1) is 5.92 Å². The molecule has 1 saturated carbocycles. The summed E-state index contributed by atoms with van der Waals surface area (Å²) in [5, 5.41) is 16.6. The minimum atomic E-state index is -4.53. The molecule has 1 amide bonds. The number of aryl methyl sites for hydroxylation is 1. The van der Waals surface area contributed by atoms with Crippen LogP contribution in [0.2, 0.25) is 0 Å². The van der Waals surface area contributed by atoms with E-state index in [1.54, 1.807) is 12.0 Å². The Kier molecular flexibility index (Phi) is 6.07. The number of nitrogens with zero attached hydrogens (tertiary/aromatic N) is 4. The van der Waals surface area contributed by atoms with Crippen molar-refractivity contribution in [2.75, 3.05) is 33.3 Å². The number of ether oxygens (including phenoxy) is 1. The maximum atomic E-state index is 13.3. The number of hydrogen-bond donors (Lipinski definition) is 1. The van der Waals surface area contributed by atoms with E-state index in [-0.39, 0.29) is 24.1 Å². The molecular weight excluding hydrogens is 497 g/mol. The summed E-state index contributed by atoms with van der Waals surface area (Å²) in [5.41, 5.74) is 0.0643. The number of aromatic nitrogens is 2. The van der Waals surface area contributed by atoms with Gasteiger partial charge in [-0.3, -0.25) is 14.4 Å². The first kappa shape index (κ1) is 25.7. The maximum absolute atomic E-state index is 13.3. The van der Waals surface area contributed by atoms with Crippen LogP contribution in [0.3, 0.4) is 0 Å². The first-order chi connectivity index (χ1) is 18.0. The normalized spacial score (nSPS) is 29.4. The molecule has 4 aliphatic rings. The van der Waals surface area contributed by atoms with Crippen molar-refractivity contribution in [2.24, 2.45) is 13.0 Å². The van der Waals surface area contributed by atoms with Crippen molar-refractivity contribution in [1.82, 2.24) is 19.6 Å². The van der Waals surface area contributed by atoms with Crippen molar-refractivity contribution in [3.63, 3.8) is 0 Å². The standard InChI is InChI=1S/C28H35F3N4O3/c1-33-24(28(29,30)31)14-20(32-33)15-25(36)34-10-7-26-8-11-35(17-18-3-4-18)23(27(26,37)9-12-34)13-19-5-6-21(38-2)16-22(19)26/h5-6,14,16,18,23,37H,3-4,7-13,15,17H2,1-2H3/t23-,26+,27-/m1/s1. The molecule has 2 aromatic rings. The molecule has 7 nitrogen and oxygen atoms in total. The van der Waals surface area contributed by atoms with Crippen molar-refractivity contribution in [2.45, 2.75) is 68.2 Å². The summed E-state index contributed by atoms with van der Waals surface area (Å²) in [4.78, 5) is 17.5. The summed E-state index contributed by atoms with van der Waals surface area (Å²) in [6, 6.07) is 7.09. The van der Waals surface area contributed by atoms with Gasteiger partial charge in [-0.1, -0.05) is 6.07 Å². The van der Waals surface area contributed by atoms with Gasteiger partial charge in [-0.2, -0.15) is 18.3 Å². The van der Waals surface area contributed by atoms with Crippen molar-refractivity contribution in [1.29, 1.82) is 0 Å². The Morgan fingerprint density at radius 3 is 2.58 bits per heavy atom. The van der Waals surface area contributed by atoms with Gasteiger partial charge in [0, 0.05) is 38.1 Å². The summed E-state index contributed by atoms with van der Waals surface area (Å²) < 4.78 is 46.0. The fourth-order valence-electron chi connectivity index (χ4n) is 7.38. The number of fused-ring (bicyclic) bond motifs is 1. The first-order valence-electron chi connectivity index (χ1n) is 13.6. The molecule has 1 N–H and O–H groups in total. The minimum absolute atomic E-state index is 0.0297. The van der Waals surface area contributed by atoms with E-state index in [2.05, 4.69) is 22.1 Å². The first-order valence-corrected chi connectivity index (χ1v) is 13.6. The largest absolute Gasteiger partial charge is 0.497 e. The van der Waals surface area contributed by atoms with Crippen LogP contribution in [0.5, 0.6) is 5.75 Å². The topological polar surface area (TPSA) is 70.8 Å². The van der Waals surface area contributed by atoms with Crippen LogP contribution < -0.4 is 4.74 Å². The minimum Gasteiger partial charge on any atom is -0.497 e. The fourth-order valence-corrected chi connectivity index (χ4v) is 7.38. The number of benzene rings is 1. The van der Waals surface area contributed by atoms with E-state index in [1.165, 1.54) is 25.5 Å². The van der Waals surface area contributed by atoms with Crippen LogP contribution in [0.4, 0.5) is 13.2 Å². The van der Waals surface area contributed by atoms with E-state index >= 15 is 0 Å². The molecule has 0 spiro atoms. The fraction of sp³-hybridized carbons (Fsp3) is 0.643. The van der Waals surface area contributed by atoms with Gasteiger partial charge in [0.15, 0.2) is 0 Å². The number of likely N-dealkylation sites (tertiary alicyclic amines) is 2. The highest BCUT2D eigenvalue weighted by atomic mass is 19.4. The molecule has 1 aromatic heterocycles. The number of rotatable bonds is 5. The van der Waals surface area contributed by atoms with E-state index in [9.17, 15) is 23.1 Å². The molecule has 0 radical (unpaired) electrons. The van der Waals surface area contributed by atoms with Crippen LogP contribution in [0.25, 0.3) is 0 Å². The number of piperidine rings is 1. The van der Waals surface area contributed by atoms with Gasteiger partial charge < -0.3 is 14.7 Å². The zero-order valence-electron chi connectivity index (χ0n) is 21.9. The molecule has 2 aliphatic heterocycles. The third-order valence-corrected chi connectivity index (χ3v) is 9.56. The lowest BCUT2D eigenvalue weighted by Crippen LogP contribution is -2.71. The van der Waals surface area contributed by atoms with E-state index < -0.39 is 22.9 Å². The van der Waals surface area contributed by atoms with Gasteiger partial charge in [0.1, 0.15) is 11.4 Å². The zero-order chi connectivity index (χ0) is 26.9. The van der Waals surface area contributed by atoms with Crippen LogP contribution in [-0.4, -0.2) is 75.5 Å². The number of amides is 1. The highest BCUT2D eigenvalue weighted by Crippen LogP contribution is 2.56. The van der Waals surface area contributed by atoms with Gasteiger partial charge in [-0.15, -0.1) is 0 Å². The molecule has 206 valence electrons. The number of halogens is 3. The maximum Gasteiger partial charge on any atom is 0.433 e. The van der Waals surface area contributed by atoms with Crippen LogP contribution in [0.15, 0.2) is 24.3 Å². The molecule has 2 bridgehead atoms. The predicted octanol–water partition coefficient (Wildman–Crippen LogP) is 3.32. The number of alkyl halides is 3. The molecule has 3 fully saturated rings. The van der Waals surface area contributed by atoms with E-state index in [0.717, 1.165) is 48.0 Å². The summed E-state index contributed by atoms with van der Waals surface area (Å²) in [6.45, 7) is 2.70. The van der Waals surface area contributed by atoms with Gasteiger partial charge in [0.05, 0.1) is 24.8 Å². The predicted molar refractivity (Wildman–Crippen MR) is 134 cm³/mol. The molecule has 38 heavy (non-hydrogen) atoms. The quantitative estimate of drug-likeness (QED) is 0.640. The number of aliphatic hydroxyl groups is 1. The Balaban J connectivity index is 1.30. The Hall–Kier alpha value is -2.59. The molecule has 3 heterocycles. The van der Waals surface area contributed by atoms with Crippen LogP contribution in [0.1, 0.15) is 54.6 Å². The number of carbonyl (C=O) groups is 1. The lowest BCUT2D eigenvalue weighted by Gasteiger charge is -2.61. The Morgan fingerprint density at radius 2 is 1.89 bits per heavy atom. The van der Waals surface area contributed by atoms with Crippen molar-refractivity contribution >= 4 is 5.91 Å². The Bertz CT molecular complexity index is 1240. The average Bonchev–Trinajstić information content (AvgIpc) is 3.63.